The van der Waals surface area contributed by atoms with Crippen LogP contribution in [-0.2, 0) is 4.74 Å². The summed E-state index contributed by atoms with van der Waals surface area (Å²) >= 11 is 0. The third-order valence-corrected chi connectivity index (χ3v) is 6.03. The number of pyridine rings is 1. The number of aromatic amines is 1. The number of anilines is 4. The quantitative estimate of drug-likeness (QED) is 0.391. The lowest BCUT2D eigenvalue weighted by Crippen LogP contribution is -2.40. The van der Waals surface area contributed by atoms with Gasteiger partial charge in [0.25, 0.3) is 5.56 Å². The Morgan fingerprint density at radius 2 is 1.91 bits per heavy atom. The molecule has 0 radical (unpaired) electrons. The Kier molecular flexibility index (Phi) is 7.41. The average Bonchev–Trinajstić information content (AvgIpc) is 2.84. The molecule has 33 heavy (non-hydrogen) atoms. The van der Waals surface area contributed by atoms with Crippen LogP contribution in [0.2, 0.25) is 0 Å². The zero-order valence-electron chi connectivity index (χ0n) is 19.3. The summed E-state index contributed by atoms with van der Waals surface area (Å²) in [5.74, 6) is 0.923. The van der Waals surface area contributed by atoms with E-state index in [1.165, 1.54) is 0 Å². The van der Waals surface area contributed by atoms with Crippen LogP contribution in [0.3, 0.4) is 0 Å². The number of aromatic nitrogens is 3. The first-order valence-electron chi connectivity index (χ1n) is 11.7. The van der Waals surface area contributed by atoms with Crippen molar-refractivity contribution in [1.82, 2.24) is 15.0 Å². The van der Waals surface area contributed by atoms with Gasteiger partial charge in [0.15, 0.2) is 0 Å². The summed E-state index contributed by atoms with van der Waals surface area (Å²) in [6.07, 6.45) is 4.37. The average molecular weight is 452 g/mol. The lowest BCUT2D eigenvalue weighted by Gasteiger charge is -2.29. The van der Waals surface area contributed by atoms with E-state index in [-0.39, 0.29) is 17.6 Å². The first-order chi connectivity index (χ1) is 16.1. The topological polar surface area (TPSA) is 121 Å². The summed E-state index contributed by atoms with van der Waals surface area (Å²) < 4.78 is 5.44. The summed E-state index contributed by atoms with van der Waals surface area (Å²) in [4.78, 5) is 26.9. The molecule has 1 aromatic carbocycles. The van der Waals surface area contributed by atoms with E-state index >= 15 is 0 Å². The monoisotopic (exact) mass is 451 g/mol. The van der Waals surface area contributed by atoms with Gasteiger partial charge in [-0.15, -0.1) is 0 Å². The second kappa shape index (κ2) is 10.6. The molecule has 1 fully saturated rings. The zero-order chi connectivity index (χ0) is 23.2. The Morgan fingerprint density at radius 3 is 2.61 bits per heavy atom. The van der Waals surface area contributed by atoms with Gasteiger partial charge in [0.05, 0.1) is 18.7 Å². The molecule has 0 spiro atoms. The Morgan fingerprint density at radius 1 is 1.15 bits per heavy atom. The van der Waals surface area contributed by atoms with Crippen LogP contribution < -0.4 is 26.8 Å². The Bertz CT molecular complexity index is 1110. The molecule has 1 saturated heterocycles. The molecule has 1 aliphatic heterocycles. The van der Waals surface area contributed by atoms with E-state index in [9.17, 15) is 4.79 Å². The number of rotatable bonds is 9. The molecule has 1 aliphatic rings. The molecule has 2 aromatic heterocycles. The summed E-state index contributed by atoms with van der Waals surface area (Å²) in [6.45, 7) is 7.45. The number of hydrogen-bond acceptors (Lipinski definition) is 8. The molecule has 0 aliphatic carbocycles. The van der Waals surface area contributed by atoms with E-state index in [2.05, 4.69) is 56.5 Å². The number of hydrogen-bond donors (Lipinski definition) is 4. The molecule has 4 rings (SSSR count). The smallest absolute Gasteiger partial charge is 0.261 e. The van der Waals surface area contributed by atoms with E-state index in [1.807, 2.05) is 12.1 Å². The minimum Gasteiger partial charge on any atom is -0.378 e. The normalized spacial score (nSPS) is 15.9. The van der Waals surface area contributed by atoms with E-state index < -0.39 is 0 Å². The number of fused-ring (bicyclic) bond motifs is 1. The molecule has 9 nitrogen and oxygen atoms in total. The summed E-state index contributed by atoms with van der Waals surface area (Å²) in [5.41, 5.74) is 8.65. The second-order valence-electron chi connectivity index (χ2n) is 8.35. The van der Waals surface area contributed by atoms with Crippen LogP contribution in [0.25, 0.3) is 10.9 Å². The van der Waals surface area contributed by atoms with Crippen LogP contribution in [0.5, 0.6) is 0 Å². The van der Waals surface area contributed by atoms with Crippen molar-refractivity contribution in [1.29, 1.82) is 0 Å². The molecular formula is C24H33N7O2. The zero-order valence-corrected chi connectivity index (χ0v) is 19.3. The predicted octanol–water partition coefficient (Wildman–Crippen LogP) is 3.22. The molecule has 2 unspecified atom stereocenters. The van der Waals surface area contributed by atoms with Crippen molar-refractivity contribution >= 4 is 34.0 Å². The molecule has 3 heterocycles. The Labute approximate surface area is 193 Å². The van der Waals surface area contributed by atoms with Crippen molar-refractivity contribution in [2.75, 3.05) is 41.8 Å². The lowest BCUT2D eigenvalue weighted by atomic mass is 10.0. The molecule has 0 amide bonds. The van der Waals surface area contributed by atoms with Gasteiger partial charge in [-0.05, 0) is 43.2 Å². The number of nitrogens with one attached hydrogen (secondary N) is 3. The highest BCUT2D eigenvalue weighted by atomic mass is 16.5. The summed E-state index contributed by atoms with van der Waals surface area (Å²) in [7, 11) is 0. The maximum absolute atomic E-state index is 12.6. The number of nitrogens with two attached hydrogens (primary N) is 1. The highest BCUT2D eigenvalue weighted by Crippen LogP contribution is 2.25. The minimum absolute atomic E-state index is 0.00689. The summed E-state index contributed by atoms with van der Waals surface area (Å²) in [6, 6.07) is 9.96. The fraction of sp³-hybridized carbons (Fsp3) is 0.458. The van der Waals surface area contributed by atoms with E-state index in [0.29, 0.717) is 22.7 Å². The van der Waals surface area contributed by atoms with Gasteiger partial charge in [-0.3, -0.25) is 4.79 Å². The maximum Gasteiger partial charge on any atom is 0.261 e. The Hall–Kier alpha value is -3.17. The first-order valence-corrected chi connectivity index (χ1v) is 11.7. The van der Waals surface area contributed by atoms with Crippen LogP contribution in [0.4, 0.5) is 23.1 Å². The molecule has 3 aromatic rings. The molecule has 0 saturated carbocycles. The van der Waals surface area contributed by atoms with Gasteiger partial charge in [-0.2, -0.15) is 4.98 Å². The fourth-order valence-corrected chi connectivity index (χ4v) is 4.11. The van der Waals surface area contributed by atoms with Crippen molar-refractivity contribution in [3.05, 3.63) is 46.9 Å². The van der Waals surface area contributed by atoms with Crippen LogP contribution in [0.15, 0.2) is 41.3 Å². The molecule has 9 heteroatoms. The molecule has 2 atom stereocenters. The second-order valence-corrected chi connectivity index (χ2v) is 8.35. The van der Waals surface area contributed by atoms with E-state index in [0.717, 1.165) is 56.9 Å². The van der Waals surface area contributed by atoms with Crippen molar-refractivity contribution in [3.8, 4) is 0 Å². The van der Waals surface area contributed by atoms with Gasteiger partial charge in [-0.1, -0.05) is 20.3 Å². The van der Waals surface area contributed by atoms with Crippen LogP contribution in [-0.4, -0.2) is 53.3 Å². The molecule has 5 N–H and O–H groups in total. The standard InChI is InChI=1S/C24H33N7O2/c1-3-5-19(18(25)4-2)28-24-29-20-10-11-26-23(32)21(20)22(30-24)27-16-6-8-17(9-7-16)31-12-14-33-15-13-31/h6-11,18-19H,3-5,12-15,25H2,1-2H3,(H,26,32)(H2,27,28,29,30). The van der Waals surface area contributed by atoms with Gasteiger partial charge in [0.1, 0.15) is 11.2 Å². The van der Waals surface area contributed by atoms with Gasteiger partial charge < -0.3 is 31.0 Å². The third kappa shape index (κ3) is 5.43. The van der Waals surface area contributed by atoms with Gasteiger partial charge in [-0.25, -0.2) is 4.98 Å². The van der Waals surface area contributed by atoms with Crippen molar-refractivity contribution < 1.29 is 4.74 Å². The van der Waals surface area contributed by atoms with Crippen LogP contribution in [0, 0.1) is 0 Å². The van der Waals surface area contributed by atoms with Crippen molar-refractivity contribution in [3.63, 3.8) is 0 Å². The molecular weight excluding hydrogens is 418 g/mol. The van der Waals surface area contributed by atoms with Gasteiger partial charge in [0, 0.05) is 42.7 Å². The number of morpholine rings is 1. The largest absolute Gasteiger partial charge is 0.378 e. The lowest BCUT2D eigenvalue weighted by molar-refractivity contribution is 0.122. The van der Waals surface area contributed by atoms with Gasteiger partial charge >= 0.3 is 0 Å². The van der Waals surface area contributed by atoms with E-state index in [1.54, 1.807) is 12.3 Å². The molecule has 176 valence electrons. The number of benzene rings is 1. The number of nitrogens with zero attached hydrogens (tertiary/aromatic N) is 3. The highest BCUT2D eigenvalue weighted by molar-refractivity contribution is 5.91. The first kappa shape index (κ1) is 23.0. The summed E-state index contributed by atoms with van der Waals surface area (Å²) in [5, 5.41) is 7.15. The third-order valence-electron chi connectivity index (χ3n) is 6.03. The molecule has 0 bridgehead atoms. The minimum atomic E-state index is -0.234. The predicted molar refractivity (Wildman–Crippen MR) is 134 cm³/mol. The SMILES string of the molecule is CCCC(Nc1nc(Nc2ccc(N3CCOCC3)cc2)c2c(=O)[nH]ccc2n1)C(N)CC. The highest BCUT2D eigenvalue weighted by Gasteiger charge is 2.19. The van der Waals surface area contributed by atoms with Crippen LogP contribution >= 0.6 is 0 Å². The van der Waals surface area contributed by atoms with Crippen LogP contribution in [0.1, 0.15) is 33.1 Å². The fourth-order valence-electron chi connectivity index (χ4n) is 4.11. The number of ether oxygens (including phenoxy) is 1. The van der Waals surface area contributed by atoms with Gasteiger partial charge in [0.2, 0.25) is 5.95 Å². The van der Waals surface area contributed by atoms with Crippen molar-refractivity contribution in [2.45, 2.75) is 45.2 Å². The van der Waals surface area contributed by atoms with Crippen molar-refractivity contribution in [2.24, 2.45) is 5.73 Å². The van der Waals surface area contributed by atoms with E-state index in [4.69, 9.17) is 10.5 Å². The maximum atomic E-state index is 12.6. The number of H-pyrrole nitrogens is 1. The Balaban J connectivity index is 1.63.